The number of rotatable bonds is 6. The summed E-state index contributed by atoms with van der Waals surface area (Å²) < 4.78 is 5.55. The topological polar surface area (TPSA) is 24.5 Å². The van der Waals surface area contributed by atoms with Gasteiger partial charge in [-0.25, -0.2) is 0 Å². The summed E-state index contributed by atoms with van der Waals surface area (Å²) in [6.45, 7) is 9.65. The standard InChI is InChI=1S/C12H26N2O/c1-11(2)7-13-8-12(9-14(3)4)5-6-15-10-12/h11,13H,5-10H2,1-4H3. The van der Waals surface area contributed by atoms with Crippen molar-refractivity contribution >= 4 is 0 Å². The highest BCUT2D eigenvalue weighted by molar-refractivity contribution is 4.87. The third-order valence-corrected chi connectivity index (χ3v) is 2.89. The Balaban J connectivity index is 2.36. The first-order chi connectivity index (χ1) is 7.04. The van der Waals surface area contributed by atoms with Gasteiger partial charge in [-0.2, -0.15) is 0 Å². The molecule has 1 rings (SSSR count). The minimum Gasteiger partial charge on any atom is -0.381 e. The number of nitrogens with one attached hydrogen (secondary N) is 1. The fourth-order valence-electron chi connectivity index (χ4n) is 2.27. The predicted molar refractivity (Wildman–Crippen MR) is 64.1 cm³/mol. The molecule has 90 valence electrons. The number of nitrogens with zero attached hydrogens (tertiary/aromatic N) is 1. The highest BCUT2D eigenvalue weighted by Crippen LogP contribution is 2.28. The van der Waals surface area contributed by atoms with Crippen LogP contribution in [0.25, 0.3) is 0 Å². The Morgan fingerprint density at radius 2 is 2.13 bits per heavy atom. The highest BCUT2D eigenvalue weighted by Gasteiger charge is 2.34. The van der Waals surface area contributed by atoms with E-state index >= 15 is 0 Å². The molecule has 0 aromatic rings. The molecule has 0 amide bonds. The molecule has 0 aliphatic carbocycles. The van der Waals surface area contributed by atoms with Crippen LogP contribution in [0.1, 0.15) is 20.3 Å². The van der Waals surface area contributed by atoms with Crippen LogP contribution in [-0.2, 0) is 4.74 Å². The minimum atomic E-state index is 0.346. The van der Waals surface area contributed by atoms with Crippen LogP contribution in [0.4, 0.5) is 0 Å². The van der Waals surface area contributed by atoms with E-state index in [9.17, 15) is 0 Å². The van der Waals surface area contributed by atoms with Gasteiger partial charge in [0.2, 0.25) is 0 Å². The van der Waals surface area contributed by atoms with Crippen LogP contribution in [0.15, 0.2) is 0 Å². The maximum atomic E-state index is 5.55. The molecule has 1 aliphatic rings. The number of hydrogen-bond acceptors (Lipinski definition) is 3. The lowest BCUT2D eigenvalue weighted by atomic mass is 9.86. The summed E-state index contributed by atoms with van der Waals surface area (Å²) in [4.78, 5) is 2.27. The summed E-state index contributed by atoms with van der Waals surface area (Å²) in [7, 11) is 4.28. The van der Waals surface area contributed by atoms with Crippen LogP contribution in [0, 0.1) is 11.3 Å². The van der Waals surface area contributed by atoms with Crippen LogP contribution in [0.5, 0.6) is 0 Å². The van der Waals surface area contributed by atoms with Gasteiger partial charge in [0.25, 0.3) is 0 Å². The predicted octanol–water partition coefficient (Wildman–Crippen LogP) is 1.20. The third-order valence-electron chi connectivity index (χ3n) is 2.89. The van der Waals surface area contributed by atoms with Crippen LogP contribution < -0.4 is 5.32 Å². The number of hydrogen-bond donors (Lipinski definition) is 1. The lowest BCUT2D eigenvalue weighted by molar-refractivity contribution is 0.126. The first-order valence-electron chi connectivity index (χ1n) is 5.97. The zero-order valence-corrected chi connectivity index (χ0v) is 10.7. The molecule has 1 unspecified atom stereocenters. The molecule has 0 aromatic carbocycles. The molecule has 3 nitrogen and oxygen atoms in total. The quantitative estimate of drug-likeness (QED) is 0.719. The average molecular weight is 214 g/mol. The lowest BCUT2D eigenvalue weighted by Crippen LogP contribution is -2.43. The third kappa shape index (κ3) is 4.49. The van der Waals surface area contributed by atoms with Crippen molar-refractivity contribution in [2.24, 2.45) is 11.3 Å². The van der Waals surface area contributed by atoms with E-state index in [2.05, 4.69) is 38.2 Å². The maximum Gasteiger partial charge on any atom is 0.0547 e. The molecule has 0 aromatic heterocycles. The second-order valence-corrected chi connectivity index (χ2v) is 5.57. The van der Waals surface area contributed by atoms with Gasteiger partial charge < -0.3 is 15.0 Å². The fraction of sp³-hybridized carbons (Fsp3) is 1.00. The molecule has 0 spiro atoms. The van der Waals surface area contributed by atoms with E-state index in [0.29, 0.717) is 5.41 Å². The van der Waals surface area contributed by atoms with Crippen molar-refractivity contribution in [3.05, 3.63) is 0 Å². The summed E-state index contributed by atoms with van der Waals surface area (Å²) in [5.41, 5.74) is 0.346. The van der Waals surface area contributed by atoms with Crippen molar-refractivity contribution in [2.45, 2.75) is 20.3 Å². The lowest BCUT2D eigenvalue weighted by Gasteiger charge is -2.31. The highest BCUT2D eigenvalue weighted by atomic mass is 16.5. The van der Waals surface area contributed by atoms with Crippen LogP contribution in [-0.4, -0.2) is 51.8 Å². The molecule has 0 saturated carbocycles. The van der Waals surface area contributed by atoms with Crippen LogP contribution in [0.2, 0.25) is 0 Å². The zero-order valence-electron chi connectivity index (χ0n) is 10.7. The first kappa shape index (κ1) is 12.9. The SMILES string of the molecule is CC(C)CNCC1(CN(C)C)CCOC1. The molecule has 15 heavy (non-hydrogen) atoms. The Bertz CT molecular complexity index is 174. The normalized spacial score (nSPS) is 26.8. The molecule has 1 fully saturated rings. The zero-order chi connectivity index (χ0) is 11.3. The summed E-state index contributed by atoms with van der Waals surface area (Å²) >= 11 is 0. The van der Waals surface area contributed by atoms with Crippen LogP contribution in [0.3, 0.4) is 0 Å². The van der Waals surface area contributed by atoms with E-state index in [1.54, 1.807) is 0 Å². The molecular formula is C12H26N2O. The second-order valence-electron chi connectivity index (χ2n) is 5.57. The van der Waals surface area contributed by atoms with Gasteiger partial charge >= 0.3 is 0 Å². The Hall–Kier alpha value is -0.120. The average Bonchev–Trinajstić information content (AvgIpc) is 2.51. The first-order valence-corrected chi connectivity index (χ1v) is 5.97. The van der Waals surface area contributed by atoms with Gasteiger partial charge in [-0.15, -0.1) is 0 Å². The molecular weight excluding hydrogens is 188 g/mol. The number of ether oxygens (including phenoxy) is 1. The van der Waals surface area contributed by atoms with E-state index in [1.807, 2.05) is 0 Å². The van der Waals surface area contributed by atoms with Gasteiger partial charge in [-0.05, 0) is 33.0 Å². The Labute approximate surface area is 94.2 Å². The van der Waals surface area contributed by atoms with Crippen molar-refractivity contribution in [1.82, 2.24) is 10.2 Å². The molecule has 1 saturated heterocycles. The van der Waals surface area contributed by atoms with E-state index in [4.69, 9.17) is 4.74 Å². The minimum absolute atomic E-state index is 0.346. The van der Waals surface area contributed by atoms with Crippen molar-refractivity contribution < 1.29 is 4.74 Å². The van der Waals surface area contributed by atoms with Gasteiger partial charge in [0.1, 0.15) is 0 Å². The summed E-state index contributed by atoms with van der Waals surface area (Å²) in [6.07, 6.45) is 1.19. The van der Waals surface area contributed by atoms with Crippen molar-refractivity contribution in [3.63, 3.8) is 0 Å². The van der Waals surface area contributed by atoms with Crippen molar-refractivity contribution in [3.8, 4) is 0 Å². The summed E-state index contributed by atoms with van der Waals surface area (Å²) in [6, 6.07) is 0. The van der Waals surface area contributed by atoms with Gasteiger partial charge in [0.15, 0.2) is 0 Å². The van der Waals surface area contributed by atoms with E-state index in [0.717, 1.165) is 38.8 Å². The van der Waals surface area contributed by atoms with Crippen molar-refractivity contribution in [2.75, 3.05) is 46.9 Å². The molecule has 1 aliphatic heterocycles. The van der Waals surface area contributed by atoms with Gasteiger partial charge in [0.05, 0.1) is 6.61 Å². The summed E-state index contributed by atoms with van der Waals surface area (Å²) in [5.74, 6) is 0.726. The smallest absolute Gasteiger partial charge is 0.0547 e. The molecule has 0 radical (unpaired) electrons. The molecule has 3 heteroatoms. The summed E-state index contributed by atoms with van der Waals surface area (Å²) in [5, 5.41) is 3.57. The van der Waals surface area contributed by atoms with Gasteiger partial charge in [-0.1, -0.05) is 13.8 Å². The van der Waals surface area contributed by atoms with Crippen LogP contribution >= 0.6 is 0 Å². The Kier molecular flexibility index (Phi) is 5.03. The monoisotopic (exact) mass is 214 g/mol. The Morgan fingerprint density at radius 3 is 2.60 bits per heavy atom. The van der Waals surface area contributed by atoms with E-state index < -0.39 is 0 Å². The van der Waals surface area contributed by atoms with E-state index in [-0.39, 0.29) is 0 Å². The fourth-order valence-corrected chi connectivity index (χ4v) is 2.27. The van der Waals surface area contributed by atoms with Gasteiger partial charge in [0, 0.05) is 25.1 Å². The Morgan fingerprint density at radius 1 is 1.40 bits per heavy atom. The molecule has 1 heterocycles. The molecule has 1 N–H and O–H groups in total. The maximum absolute atomic E-state index is 5.55. The second kappa shape index (κ2) is 5.83. The van der Waals surface area contributed by atoms with E-state index in [1.165, 1.54) is 6.42 Å². The molecule has 0 bridgehead atoms. The van der Waals surface area contributed by atoms with Crippen molar-refractivity contribution in [1.29, 1.82) is 0 Å². The largest absolute Gasteiger partial charge is 0.381 e. The van der Waals surface area contributed by atoms with Gasteiger partial charge in [-0.3, -0.25) is 0 Å². The molecule has 1 atom stereocenters.